The quantitative estimate of drug-likeness (QED) is 0.430. The van der Waals surface area contributed by atoms with Crippen LogP contribution in [-0.4, -0.2) is 27.9 Å². The van der Waals surface area contributed by atoms with E-state index in [0.717, 1.165) is 35.1 Å². The molecule has 3 rings (SSSR count). The van der Waals surface area contributed by atoms with Gasteiger partial charge in [-0.15, -0.1) is 0 Å². The Balaban J connectivity index is 2.27. The van der Waals surface area contributed by atoms with E-state index in [4.69, 9.17) is 5.21 Å². The number of nitrogens with zero attached hydrogens (tertiary/aromatic N) is 1. The highest BCUT2D eigenvalue weighted by atomic mass is 16.4. The summed E-state index contributed by atoms with van der Waals surface area (Å²) >= 11 is 0. The van der Waals surface area contributed by atoms with Crippen molar-refractivity contribution < 1.29 is 15.1 Å². The van der Waals surface area contributed by atoms with Crippen LogP contribution in [0.15, 0.2) is 39.1 Å². The molecule has 2 N–H and O–H groups in total. The second kappa shape index (κ2) is 3.45. The van der Waals surface area contributed by atoms with Crippen molar-refractivity contribution in [3.05, 3.63) is 33.9 Å². The van der Waals surface area contributed by atoms with Gasteiger partial charge in [-0.3, -0.25) is 4.79 Å². The van der Waals surface area contributed by atoms with E-state index < -0.39 is 11.0 Å². The maximum absolute atomic E-state index is 12.5. The zero-order valence-electron chi connectivity index (χ0n) is 11.3. The molecule has 100 valence electrons. The molecule has 0 unspecified atom stereocenters. The molecule has 0 aromatic heterocycles. The number of allylic oxidation sites excluding steroid dienone is 4. The normalized spacial score (nSPS) is 32.4. The van der Waals surface area contributed by atoms with Gasteiger partial charge >= 0.3 is 0 Å². The molecule has 19 heavy (non-hydrogen) atoms. The number of carbonyl (C=O) groups is 1. The summed E-state index contributed by atoms with van der Waals surface area (Å²) in [6.07, 6.45) is 4.82. The highest BCUT2D eigenvalue weighted by Gasteiger charge is 2.64. The molecule has 0 radical (unpaired) electrons. The minimum absolute atomic E-state index is 0.216. The van der Waals surface area contributed by atoms with Crippen LogP contribution in [0.1, 0.15) is 33.6 Å². The summed E-state index contributed by atoms with van der Waals surface area (Å²) in [7, 11) is 0. The largest absolute Gasteiger partial charge is 0.411 e. The van der Waals surface area contributed by atoms with Crippen LogP contribution in [-0.2, 0) is 4.79 Å². The Bertz CT molecular complexity index is 613. The number of rotatable bonds is 1. The van der Waals surface area contributed by atoms with Crippen LogP contribution in [0, 0.1) is 5.41 Å². The molecule has 1 fully saturated rings. The minimum Gasteiger partial charge on any atom is -0.411 e. The van der Waals surface area contributed by atoms with E-state index in [1.807, 2.05) is 13.8 Å². The molecule has 0 aliphatic heterocycles. The third-order valence-electron chi connectivity index (χ3n) is 4.97. The van der Waals surface area contributed by atoms with Crippen molar-refractivity contribution in [1.82, 2.24) is 0 Å². The van der Waals surface area contributed by atoms with Gasteiger partial charge in [0.25, 0.3) is 0 Å². The third kappa shape index (κ3) is 1.27. The third-order valence-corrected chi connectivity index (χ3v) is 4.97. The number of ketones is 1. The molecule has 0 saturated heterocycles. The van der Waals surface area contributed by atoms with E-state index in [2.05, 4.69) is 5.16 Å². The van der Waals surface area contributed by atoms with Gasteiger partial charge in [0.2, 0.25) is 0 Å². The molecular formula is C15H17NO3. The molecule has 3 aliphatic rings. The Labute approximate surface area is 111 Å². The lowest BCUT2D eigenvalue weighted by Gasteiger charge is -2.39. The van der Waals surface area contributed by atoms with E-state index >= 15 is 0 Å². The van der Waals surface area contributed by atoms with Crippen molar-refractivity contribution in [2.24, 2.45) is 10.6 Å². The van der Waals surface area contributed by atoms with Crippen molar-refractivity contribution >= 4 is 12.0 Å². The Morgan fingerprint density at radius 2 is 2.00 bits per heavy atom. The standard InChI is InChI=1S/C15H17NO3/c1-8-6-10-12(11(8)7-16-19)9(2)15(4-5-15)14(3,18)13(10)17/h6-7,18-19H,4-5H2,1-3H3/b16-7+/t14-/m0/s1. The lowest BCUT2D eigenvalue weighted by molar-refractivity contribution is -0.137. The number of fused-ring (bicyclic) bond motifs is 1. The van der Waals surface area contributed by atoms with Gasteiger partial charge in [-0.2, -0.15) is 0 Å². The van der Waals surface area contributed by atoms with Crippen LogP contribution in [0.5, 0.6) is 0 Å². The first-order chi connectivity index (χ1) is 8.87. The number of hydrogen-bond donors (Lipinski definition) is 2. The van der Waals surface area contributed by atoms with E-state index in [1.54, 1.807) is 13.0 Å². The SMILES string of the molecule is CC1=C(/C=N/O)C2=C(C)C3(CC3)[C@@](C)(O)C(=O)C2=C1. The van der Waals surface area contributed by atoms with E-state index in [1.165, 1.54) is 6.21 Å². The lowest BCUT2D eigenvalue weighted by Crippen LogP contribution is -2.49. The van der Waals surface area contributed by atoms with Crippen LogP contribution >= 0.6 is 0 Å². The maximum Gasteiger partial charge on any atom is 0.195 e. The molecule has 0 heterocycles. The monoisotopic (exact) mass is 259 g/mol. The average Bonchev–Trinajstić information content (AvgIpc) is 3.10. The van der Waals surface area contributed by atoms with E-state index in [0.29, 0.717) is 5.57 Å². The fraction of sp³-hybridized carbons (Fsp3) is 0.467. The van der Waals surface area contributed by atoms with Gasteiger partial charge in [0.15, 0.2) is 5.78 Å². The van der Waals surface area contributed by atoms with E-state index in [9.17, 15) is 9.90 Å². The van der Waals surface area contributed by atoms with Gasteiger partial charge in [-0.1, -0.05) is 10.7 Å². The Kier molecular flexibility index (Phi) is 2.24. The molecule has 0 aromatic carbocycles. The van der Waals surface area contributed by atoms with Crippen LogP contribution in [0.3, 0.4) is 0 Å². The minimum atomic E-state index is -1.32. The zero-order chi connectivity index (χ0) is 14.0. The number of Topliss-reactive ketones (excluding diaryl/α,β-unsaturated/α-hetero) is 1. The molecular weight excluding hydrogens is 242 g/mol. The first kappa shape index (κ1) is 12.4. The van der Waals surface area contributed by atoms with Gasteiger partial charge in [0.05, 0.1) is 6.21 Å². The summed E-state index contributed by atoms with van der Waals surface area (Å²) in [5.74, 6) is -0.216. The summed E-state index contributed by atoms with van der Waals surface area (Å²) in [6, 6.07) is 0. The summed E-state index contributed by atoms with van der Waals surface area (Å²) in [5, 5.41) is 22.5. The molecule has 3 aliphatic carbocycles. The molecule has 0 amide bonds. The fourth-order valence-corrected chi connectivity index (χ4v) is 3.59. The highest BCUT2D eigenvalue weighted by Crippen LogP contribution is 2.64. The number of hydrogen-bond acceptors (Lipinski definition) is 4. The summed E-state index contributed by atoms with van der Waals surface area (Å²) in [6.45, 7) is 5.47. The Hall–Kier alpha value is -1.68. The number of oxime groups is 1. The molecule has 0 bridgehead atoms. The molecule has 4 nitrogen and oxygen atoms in total. The summed E-state index contributed by atoms with van der Waals surface area (Å²) in [5.41, 5.74) is 2.37. The van der Waals surface area contributed by atoms with Gasteiger partial charge < -0.3 is 10.3 Å². The highest BCUT2D eigenvalue weighted by molar-refractivity contribution is 6.13. The van der Waals surface area contributed by atoms with Gasteiger partial charge in [-0.05, 0) is 50.8 Å². The second-order valence-corrected chi connectivity index (χ2v) is 5.88. The summed E-state index contributed by atoms with van der Waals surface area (Å²) in [4.78, 5) is 12.5. The van der Waals surface area contributed by atoms with Gasteiger partial charge in [0.1, 0.15) is 5.60 Å². The van der Waals surface area contributed by atoms with Crippen molar-refractivity contribution in [2.75, 3.05) is 0 Å². The predicted octanol–water partition coefficient (Wildman–Crippen LogP) is 2.13. The van der Waals surface area contributed by atoms with Crippen LogP contribution in [0.25, 0.3) is 0 Å². The Morgan fingerprint density at radius 3 is 2.53 bits per heavy atom. The molecule has 1 atom stereocenters. The summed E-state index contributed by atoms with van der Waals surface area (Å²) < 4.78 is 0. The first-order valence-electron chi connectivity index (χ1n) is 6.46. The molecule has 1 spiro atoms. The van der Waals surface area contributed by atoms with Crippen molar-refractivity contribution in [3.8, 4) is 0 Å². The number of carbonyl (C=O) groups excluding carboxylic acids is 1. The van der Waals surface area contributed by atoms with Gasteiger partial charge in [-0.25, -0.2) is 0 Å². The van der Waals surface area contributed by atoms with Crippen molar-refractivity contribution in [3.63, 3.8) is 0 Å². The van der Waals surface area contributed by atoms with Crippen LogP contribution < -0.4 is 0 Å². The average molecular weight is 259 g/mol. The van der Waals surface area contributed by atoms with Crippen LogP contribution in [0.2, 0.25) is 0 Å². The smallest absolute Gasteiger partial charge is 0.195 e. The molecule has 1 saturated carbocycles. The topological polar surface area (TPSA) is 69.9 Å². The molecule has 4 heteroatoms. The second-order valence-electron chi connectivity index (χ2n) is 5.88. The number of aliphatic hydroxyl groups is 1. The molecule has 0 aromatic rings. The fourth-order valence-electron chi connectivity index (χ4n) is 3.59. The van der Waals surface area contributed by atoms with Crippen molar-refractivity contribution in [2.45, 2.75) is 39.2 Å². The predicted molar refractivity (Wildman–Crippen MR) is 71.1 cm³/mol. The van der Waals surface area contributed by atoms with Crippen LogP contribution in [0.4, 0.5) is 0 Å². The van der Waals surface area contributed by atoms with E-state index in [-0.39, 0.29) is 5.78 Å². The maximum atomic E-state index is 12.5. The first-order valence-corrected chi connectivity index (χ1v) is 6.46. The van der Waals surface area contributed by atoms with Gasteiger partial charge in [0, 0.05) is 16.6 Å². The van der Waals surface area contributed by atoms with Crippen molar-refractivity contribution in [1.29, 1.82) is 0 Å². The lowest BCUT2D eigenvalue weighted by atomic mass is 9.67. The zero-order valence-corrected chi connectivity index (χ0v) is 11.3. The Morgan fingerprint density at radius 1 is 1.37 bits per heavy atom.